The molecule has 0 spiro atoms. The molecule has 200 valence electrons. The number of nitrogens with one attached hydrogen (secondary N) is 1. The molecule has 0 saturated carbocycles. The van der Waals surface area contributed by atoms with Crippen LogP contribution in [-0.2, 0) is 36.2 Å². The molecule has 1 aromatic carbocycles. The van der Waals surface area contributed by atoms with Crippen LogP contribution >= 0.6 is 31.1 Å². The van der Waals surface area contributed by atoms with Crippen molar-refractivity contribution >= 4 is 84.1 Å². The first-order chi connectivity index (χ1) is 17.6. The Balaban J connectivity index is 0.00000400. The first kappa shape index (κ1) is 30.6. The van der Waals surface area contributed by atoms with Gasteiger partial charge in [0, 0.05) is 17.2 Å². The van der Waals surface area contributed by atoms with Gasteiger partial charge in [-0.05, 0) is 34.6 Å². The summed E-state index contributed by atoms with van der Waals surface area (Å²) >= 11 is 2.40. The van der Waals surface area contributed by atoms with Crippen molar-refractivity contribution in [2.24, 2.45) is 0 Å². The van der Waals surface area contributed by atoms with Crippen molar-refractivity contribution in [3.05, 3.63) is 41.1 Å². The van der Waals surface area contributed by atoms with E-state index < -0.39 is 43.1 Å². The van der Waals surface area contributed by atoms with E-state index in [4.69, 9.17) is 10.3 Å². The topological polar surface area (TPSA) is 203 Å². The zero-order valence-electron chi connectivity index (χ0n) is 19.5. The van der Waals surface area contributed by atoms with E-state index in [2.05, 4.69) is 20.8 Å². The SMILES string of the molecule is CCOP(=O)(O)Cn1nnnc1SCC1=C(C(=O)O)N2C(=O)[C@@H](NC(=O)Cc3ccccc3N)[C@H]2SC1.[NaH]. The average molecular weight is 594 g/mol. The van der Waals surface area contributed by atoms with Gasteiger partial charge in [0.05, 0.1) is 13.0 Å². The molecule has 3 atom stereocenters. The molecule has 0 bridgehead atoms. The van der Waals surface area contributed by atoms with Gasteiger partial charge in [-0.3, -0.25) is 19.1 Å². The van der Waals surface area contributed by atoms with Crippen LogP contribution in [-0.4, -0.2) is 112 Å². The Morgan fingerprint density at radius 3 is 2.79 bits per heavy atom. The molecule has 14 nitrogen and oxygen atoms in total. The fraction of sp³-hybridized carbons (Fsp3) is 0.400. The second kappa shape index (κ2) is 13.0. The van der Waals surface area contributed by atoms with Crippen LogP contribution in [0, 0.1) is 0 Å². The number of carboxylic acid groups (broad SMARTS) is 1. The van der Waals surface area contributed by atoms with E-state index in [9.17, 15) is 28.9 Å². The maximum absolute atomic E-state index is 12.9. The zero-order chi connectivity index (χ0) is 26.7. The fourth-order valence-electron chi connectivity index (χ4n) is 3.84. The van der Waals surface area contributed by atoms with E-state index in [1.807, 2.05) is 0 Å². The van der Waals surface area contributed by atoms with E-state index in [0.29, 0.717) is 22.6 Å². The first-order valence-electron chi connectivity index (χ1n) is 11.0. The van der Waals surface area contributed by atoms with Gasteiger partial charge in [0.25, 0.3) is 5.91 Å². The zero-order valence-corrected chi connectivity index (χ0v) is 22.0. The van der Waals surface area contributed by atoms with Crippen LogP contribution in [0.3, 0.4) is 0 Å². The number of fused-ring (bicyclic) bond motifs is 1. The Kier molecular flexibility index (Phi) is 10.4. The normalized spacial score (nSPS) is 20.2. The van der Waals surface area contributed by atoms with Gasteiger partial charge in [-0.25, -0.2) is 9.48 Å². The summed E-state index contributed by atoms with van der Waals surface area (Å²) in [7, 11) is -3.95. The second-order valence-corrected chi connectivity index (χ2v) is 11.9. The molecule has 38 heavy (non-hydrogen) atoms. The number of nitrogen functional groups attached to an aromatic ring is 1. The first-order valence-corrected chi connectivity index (χ1v) is 14.8. The molecule has 0 aliphatic carbocycles. The molecule has 2 aliphatic heterocycles. The number of para-hydroxylation sites is 1. The number of amides is 2. The summed E-state index contributed by atoms with van der Waals surface area (Å²) in [6.45, 7) is 1.62. The number of benzene rings is 1. The van der Waals surface area contributed by atoms with Crippen LogP contribution in [0.15, 0.2) is 40.7 Å². The monoisotopic (exact) mass is 593 g/mol. The number of anilines is 1. The maximum atomic E-state index is 12.9. The number of hydrogen-bond acceptors (Lipinski definition) is 11. The molecule has 1 unspecified atom stereocenters. The van der Waals surface area contributed by atoms with Gasteiger partial charge in [-0.15, -0.1) is 16.9 Å². The third-order valence-corrected chi connectivity index (χ3v) is 9.16. The fourth-order valence-corrected chi connectivity index (χ4v) is 7.31. The van der Waals surface area contributed by atoms with Crippen molar-refractivity contribution in [1.82, 2.24) is 30.4 Å². The van der Waals surface area contributed by atoms with Crippen LogP contribution in [0.1, 0.15) is 12.5 Å². The van der Waals surface area contributed by atoms with E-state index in [1.165, 1.54) is 16.7 Å². The van der Waals surface area contributed by atoms with Gasteiger partial charge in [0.1, 0.15) is 23.4 Å². The van der Waals surface area contributed by atoms with Gasteiger partial charge in [0.15, 0.2) is 0 Å². The summed E-state index contributed by atoms with van der Waals surface area (Å²) in [6.07, 6.45) is -0.464. The molecule has 2 aliphatic rings. The summed E-state index contributed by atoms with van der Waals surface area (Å²) in [5.74, 6) is -1.76. The minimum atomic E-state index is -3.95. The number of thioether (sulfide) groups is 2. The number of nitrogens with two attached hydrogens (primary N) is 1. The van der Waals surface area contributed by atoms with Crippen molar-refractivity contribution in [1.29, 1.82) is 0 Å². The summed E-state index contributed by atoms with van der Waals surface area (Å²) in [5, 5.41) is 23.2. The van der Waals surface area contributed by atoms with E-state index in [0.717, 1.165) is 16.4 Å². The number of β-lactam (4-membered cyclic amide) rings is 1. The number of carbonyl (C=O) groups is 3. The summed E-state index contributed by atoms with van der Waals surface area (Å²) in [6, 6.07) is 6.07. The summed E-state index contributed by atoms with van der Waals surface area (Å²) < 4.78 is 18.0. The Hall–Kier alpha value is -1.91. The molecule has 2 amide bonds. The molecular weight excluding hydrogens is 568 g/mol. The van der Waals surface area contributed by atoms with Crippen LogP contribution in [0.4, 0.5) is 5.69 Å². The van der Waals surface area contributed by atoms with Crippen molar-refractivity contribution in [2.45, 2.75) is 36.2 Å². The minimum absolute atomic E-state index is 0. The number of carbonyl (C=O) groups excluding carboxylic acids is 2. The van der Waals surface area contributed by atoms with Crippen molar-refractivity contribution in [3.8, 4) is 0 Å². The predicted molar refractivity (Wildman–Crippen MR) is 141 cm³/mol. The van der Waals surface area contributed by atoms with E-state index in [-0.39, 0.29) is 59.2 Å². The van der Waals surface area contributed by atoms with Crippen LogP contribution in [0.2, 0.25) is 0 Å². The van der Waals surface area contributed by atoms with Gasteiger partial charge < -0.3 is 25.6 Å². The number of aromatic nitrogens is 4. The Morgan fingerprint density at radius 1 is 1.37 bits per heavy atom. The van der Waals surface area contributed by atoms with Crippen LogP contribution < -0.4 is 11.1 Å². The standard InChI is InChI=1S/C20H24N7O7PS2.Na.H/c1-2-34-35(32,33)10-26-20(23-24-25-26)37-9-12-8-36-18-15(17(29)27(18)16(12)19(30)31)22-14(28)7-11-5-3-4-6-13(11)21;;/h3-6,15,18H,2,7-10,21H2,1H3,(H,22,28)(H,30,31)(H,32,33);;/t15-,18-;;/m1../s1. The number of carboxylic acids is 1. The predicted octanol–water partition coefficient (Wildman–Crippen LogP) is -0.140. The number of nitrogens with zero attached hydrogens (tertiary/aromatic N) is 5. The molecule has 4 rings (SSSR count). The Labute approximate surface area is 247 Å². The van der Waals surface area contributed by atoms with Gasteiger partial charge in [0.2, 0.25) is 11.1 Å². The molecular formula is C20H25N7NaO7PS2. The van der Waals surface area contributed by atoms with E-state index in [1.54, 1.807) is 31.2 Å². The summed E-state index contributed by atoms with van der Waals surface area (Å²) in [5.41, 5.74) is 7.29. The van der Waals surface area contributed by atoms with E-state index >= 15 is 0 Å². The average Bonchev–Trinajstić information content (AvgIpc) is 3.27. The number of aliphatic carboxylic acids is 1. The third kappa shape index (κ3) is 6.80. The molecule has 1 aromatic heterocycles. The Morgan fingerprint density at radius 2 is 2.11 bits per heavy atom. The third-order valence-electron chi connectivity index (χ3n) is 5.49. The summed E-state index contributed by atoms with van der Waals surface area (Å²) in [4.78, 5) is 48.5. The number of hydrogen-bond donors (Lipinski definition) is 4. The van der Waals surface area contributed by atoms with Crippen molar-refractivity contribution in [3.63, 3.8) is 0 Å². The van der Waals surface area contributed by atoms with Gasteiger partial charge >= 0.3 is 43.1 Å². The molecule has 5 N–H and O–H groups in total. The quantitative estimate of drug-likeness (QED) is 0.0882. The molecule has 3 heterocycles. The molecule has 1 fully saturated rings. The van der Waals surface area contributed by atoms with Crippen LogP contribution in [0.5, 0.6) is 0 Å². The molecule has 0 radical (unpaired) electrons. The van der Waals surface area contributed by atoms with Crippen LogP contribution in [0.25, 0.3) is 0 Å². The Bertz CT molecular complexity index is 1310. The van der Waals surface area contributed by atoms with Gasteiger partial charge in [-0.2, -0.15) is 0 Å². The molecule has 2 aromatic rings. The van der Waals surface area contributed by atoms with Crippen molar-refractivity contribution < 1.29 is 33.5 Å². The number of tetrazole rings is 1. The van der Waals surface area contributed by atoms with Gasteiger partial charge in [-0.1, -0.05) is 30.0 Å². The molecule has 18 heteroatoms. The second-order valence-electron chi connectivity index (χ2n) is 8.03. The van der Waals surface area contributed by atoms with Crippen molar-refractivity contribution in [2.75, 3.05) is 23.8 Å². The molecule has 1 saturated heterocycles. The number of rotatable bonds is 11.